The van der Waals surface area contributed by atoms with Gasteiger partial charge in [0.15, 0.2) is 5.11 Å². The summed E-state index contributed by atoms with van der Waals surface area (Å²) in [7, 11) is 0. The van der Waals surface area contributed by atoms with Gasteiger partial charge in [0, 0.05) is 5.69 Å². The Bertz CT molecular complexity index is 366. The van der Waals surface area contributed by atoms with Crippen LogP contribution in [0.2, 0.25) is 0 Å². The van der Waals surface area contributed by atoms with E-state index in [1.165, 1.54) is 5.56 Å². The summed E-state index contributed by atoms with van der Waals surface area (Å²) in [5.74, 6) is 2.46. The fourth-order valence-corrected chi connectivity index (χ4v) is 1.22. The minimum Gasteiger partial charge on any atom is -0.352 e. The number of rotatable bonds is 2. The molecule has 0 aliphatic carbocycles. The average Bonchev–Trinajstić information content (AvgIpc) is 2.15. The van der Waals surface area contributed by atoms with E-state index in [9.17, 15) is 0 Å². The quantitative estimate of drug-likeness (QED) is 0.568. The highest BCUT2D eigenvalue weighted by molar-refractivity contribution is 7.80. The molecule has 1 aromatic carbocycles. The summed E-state index contributed by atoms with van der Waals surface area (Å²) in [6.07, 6.45) is 5.09. The summed E-state index contributed by atoms with van der Waals surface area (Å²) in [5, 5.41) is 6.48. The Labute approximate surface area is 89.7 Å². The molecule has 2 nitrogen and oxygen atoms in total. The van der Waals surface area contributed by atoms with Gasteiger partial charge in [-0.15, -0.1) is 6.42 Å². The smallest absolute Gasteiger partial charge is 0.171 e. The van der Waals surface area contributed by atoms with Gasteiger partial charge in [0.25, 0.3) is 0 Å². The molecule has 0 radical (unpaired) electrons. The molecule has 0 heterocycles. The van der Waals surface area contributed by atoms with Crippen molar-refractivity contribution in [3.05, 3.63) is 29.8 Å². The number of nitrogens with one attached hydrogen (secondary N) is 2. The van der Waals surface area contributed by atoms with Crippen molar-refractivity contribution in [2.75, 3.05) is 11.9 Å². The number of hydrogen-bond donors (Lipinski definition) is 2. The second kappa shape index (κ2) is 5.25. The number of anilines is 1. The van der Waals surface area contributed by atoms with E-state index in [2.05, 4.69) is 16.6 Å². The molecule has 0 bridgehead atoms. The van der Waals surface area contributed by atoms with Gasteiger partial charge in [-0.25, -0.2) is 0 Å². The summed E-state index contributed by atoms with van der Waals surface area (Å²) < 4.78 is 0. The monoisotopic (exact) mass is 204 g/mol. The van der Waals surface area contributed by atoms with Crippen molar-refractivity contribution < 1.29 is 0 Å². The van der Waals surface area contributed by atoms with Gasteiger partial charge in [-0.2, -0.15) is 0 Å². The zero-order chi connectivity index (χ0) is 10.4. The third-order valence-electron chi connectivity index (χ3n) is 1.63. The fraction of sp³-hybridized carbons (Fsp3) is 0.182. The van der Waals surface area contributed by atoms with E-state index in [1.807, 2.05) is 31.2 Å². The number of aryl methyl sites for hydroxylation is 1. The van der Waals surface area contributed by atoms with Crippen LogP contribution in [-0.4, -0.2) is 11.7 Å². The molecule has 0 atom stereocenters. The summed E-state index contributed by atoms with van der Waals surface area (Å²) in [6.45, 7) is 2.47. The first-order chi connectivity index (χ1) is 6.72. The molecule has 1 aromatic rings. The minimum atomic E-state index is 0.442. The number of hydrogen-bond acceptors (Lipinski definition) is 1. The van der Waals surface area contributed by atoms with Gasteiger partial charge < -0.3 is 10.6 Å². The lowest BCUT2D eigenvalue weighted by Crippen LogP contribution is -2.28. The van der Waals surface area contributed by atoms with Crippen LogP contribution in [0.4, 0.5) is 5.69 Å². The van der Waals surface area contributed by atoms with Gasteiger partial charge in [-0.3, -0.25) is 0 Å². The van der Waals surface area contributed by atoms with E-state index < -0.39 is 0 Å². The van der Waals surface area contributed by atoms with Gasteiger partial charge >= 0.3 is 0 Å². The first kappa shape index (κ1) is 10.6. The number of thiocarbonyl (C=S) groups is 1. The molecule has 0 saturated heterocycles. The zero-order valence-electron chi connectivity index (χ0n) is 8.00. The van der Waals surface area contributed by atoms with Crippen LogP contribution in [-0.2, 0) is 0 Å². The Morgan fingerprint density at radius 1 is 1.57 bits per heavy atom. The lowest BCUT2D eigenvalue weighted by Gasteiger charge is -2.08. The average molecular weight is 204 g/mol. The maximum Gasteiger partial charge on any atom is 0.171 e. The SMILES string of the molecule is C#CCNC(=S)Nc1cccc(C)c1. The van der Waals surface area contributed by atoms with Gasteiger partial charge in [0.05, 0.1) is 6.54 Å². The first-order valence-electron chi connectivity index (χ1n) is 4.27. The van der Waals surface area contributed by atoms with E-state index in [4.69, 9.17) is 18.6 Å². The zero-order valence-corrected chi connectivity index (χ0v) is 8.82. The van der Waals surface area contributed by atoms with Crippen molar-refractivity contribution in [3.8, 4) is 12.3 Å². The molecule has 0 aliphatic rings. The van der Waals surface area contributed by atoms with E-state index in [0.717, 1.165) is 5.69 Å². The molecule has 14 heavy (non-hydrogen) atoms. The maximum atomic E-state index is 5.09. The maximum absolute atomic E-state index is 5.09. The Balaban J connectivity index is 2.53. The van der Waals surface area contributed by atoms with Gasteiger partial charge in [0.2, 0.25) is 0 Å². The second-order valence-electron chi connectivity index (χ2n) is 2.88. The van der Waals surface area contributed by atoms with Crippen LogP contribution in [0.3, 0.4) is 0 Å². The first-order valence-corrected chi connectivity index (χ1v) is 4.68. The molecule has 0 aromatic heterocycles. The summed E-state index contributed by atoms with van der Waals surface area (Å²) in [6, 6.07) is 7.98. The highest BCUT2D eigenvalue weighted by Crippen LogP contribution is 2.08. The Morgan fingerprint density at radius 2 is 2.36 bits per heavy atom. The standard InChI is InChI=1S/C11H12N2S/c1-3-7-12-11(14)13-10-6-4-5-9(2)8-10/h1,4-6,8H,7H2,2H3,(H2,12,13,14). The molecular formula is C11H12N2S. The Kier molecular flexibility index (Phi) is 3.96. The van der Waals surface area contributed by atoms with E-state index in [1.54, 1.807) is 0 Å². The lowest BCUT2D eigenvalue weighted by atomic mass is 10.2. The van der Waals surface area contributed by atoms with Crippen LogP contribution < -0.4 is 10.6 Å². The lowest BCUT2D eigenvalue weighted by molar-refractivity contribution is 1.09. The second-order valence-corrected chi connectivity index (χ2v) is 3.29. The van der Waals surface area contributed by atoms with Crippen molar-refractivity contribution in [1.29, 1.82) is 0 Å². The van der Waals surface area contributed by atoms with E-state index >= 15 is 0 Å². The van der Waals surface area contributed by atoms with Gasteiger partial charge in [-0.05, 0) is 36.8 Å². The summed E-state index contributed by atoms with van der Waals surface area (Å²) >= 11 is 5.03. The molecule has 2 N–H and O–H groups in total. The topological polar surface area (TPSA) is 24.1 Å². The minimum absolute atomic E-state index is 0.442. The van der Waals surface area contributed by atoms with Crippen LogP contribution in [0, 0.1) is 19.3 Å². The molecule has 0 saturated carbocycles. The van der Waals surface area contributed by atoms with Crippen molar-refractivity contribution >= 4 is 23.0 Å². The van der Waals surface area contributed by atoms with Crippen LogP contribution in [0.15, 0.2) is 24.3 Å². The van der Waals surface area contributed by atoms with Crippen molar-refractivity contribution in [2.24, 2.45) is 0 Å². The summed E-state index contributed by atoms with van der Waals surface area (Å²) in [5.41, 5.74) is 2.16. The number of terminal acetylenes is 1. The Morgan fingerprint density at radius 3 is 3.00 bits per heavy atom. The fourth-order valence-electron chi connectivity index (χ4n) is 1.03. The van der Waals surface area contributed by atoms with Gasteiger partial charge in [0.1, 0.15) is 0 Å². The predicted octanol–water partition coefficient (Wildman–Crippen LogP) is 1.91. The highest BCUT2D eigenvalue weighted by Gasteiger charge is 1.95. The van der Waals surface area contributed by atoms with Crippen molar-refractivity contribution in [1.82, 2.24) is 5.32 Å². The van der Waals surface area contributed by atoms with E-state index in [-0.39, 0.29) is 0 Å². The molecule has 0 aliphatic heterocycles. The predicted molar refractivity (Wildman–Crippen MR) is 64.2 cm³/mol. The third kappa shape index (κ3) is 3.46. The Hall–Kier alpha value is -1.53. The molecule has 3 heteroatoms. The van der Waals surface area contributed by atoms with Crippen LogP contribution in [0.5, 0.6) is 0 Å². The highest BCUT2D eigenvalue weighted by atomic mass is 32.1. The molecule has 0 amide bonds. The van der Waals surface area contributed by atoms with E-state index in [0.29, 0.717) is 11.7 Å². The van der Waals surface area contributed by atoms with Crippen LogP contribution in [0.1, 0.15) is 5.56 Å². The largest absolute Gasteiger partial charge is 0.352 e. The van der Waals surface area contributed by atoms with Crippen molar-refractivity contribution in [2.45, 2.75) is 6.92 Å². The molecule has 1 rings (SSSR count). The molecular weight excluding hydrogens is 192 g/mol. The molecule has 0 unspecified atom stereocenters. The van der Waals surface area contributed by atoms with Crippen LogP contribution >= 0.6 is 12.2 Å². The molecule has 72 valence electrons. The molecule has 0 spiro atoms. The third-order valence-corrected chi connectivity index (χ3v) is 1.87. The summed E-state index contributed by atoms with van der Waals surface area (Å²) in [4.78, 5) is 0. The van der Waals surface area contributed by atoms with Crippen molar-refractivity contribution in [3.63, 3.8) is 0 Å². The normalized spacial score (nSPS) is 8.86. The molecule has 0 fully saturated rings. The van der Waals surface area contributed by atoms with Crippen LogP contribution in [0.25, 0.3) is 0 Å². The van der Waals surface area contributed by atoms with Gasteiger partial charge in [-0.1, -0.05) is 18.1 Å². The number of benzene rings is 1.